The predicted molar refractivity (Wildman–Crippen MR) is 52.7 cm³/mol. The molecule has 0 bridgehead atoms. The molecule has 1 heterocycles. The van der Waals surface area contributed by atoms with E-state index in [0.29, 0.717) is 0 Å². The largest absolute Gasteiger partial charge is 0.371 e. The van der Waals surface area contributed by atoms with Gasteiger partial charge >= 0.3 is 0 Å². The van der Waals surface area contributed by atoms with Crippen LogP contribution in [0.2, 0.25) is 0 Å². The van der Waals surface area contributed by atoms with Crippen molar-refractivity contribution in [1.82, 2.24) is 5.32 Å². The molecule has 0 saturated carbocycles. The third-order valence-electron chi connectivity index (χ3n) is 2.38. The molecule has 1 aromatic carbocycles. The molecular formula is C11H15NO. The van der Waals surface area contributed by atoms with Gasteiger partial charge in [-0.25, -0.2) is 0 Å². The van der Waals surface area contributed by atoms with E-state index in [1.807, 2.05) is 0 Å². The zero-order chi connectivity index (χ0) is 9.10. The summed E-state index contributed by atoms with van der Waals surface area (Å²) in [5.74, 6) is 0. The van der Waals surface area contributed by atoms with Gasteiger partial charge in [0.2, 0.25) is 0 Å². The van der Waals surface area contributed by atoms with Gasteiger partial charge in [0.1, 0.15) is 0 Å². The summed E-state index contributed by atoms with van der Waals surface area (Å²) in [7, 11) is 0. The second-order valence-electron chi connectivity index (χ2n) is 3.47. The minimum atomic E-state index is 0.245. The van der Waals surface area contributed by atoms with Crippen molar-refractivity contribution >= 4 is 0 Å². The molecule has 2 rings (SSSR count). The Hall–Kier alpha value is -0.860. The summed E-state index contributed by atoms with van der Waals surface area (Å²) in [5.41, 5.74) is 2.57. The van der Waals surface area contributed by atoms with Crippen molar-refractivity contribution in [1.29, 1.82) is 0 Å². The van der Waals surface area contributed by atoms with Crippen LogP contribution in [0.5, 0.6) is 0 Å². The molecule has 13 heavy (non-hydrogen) atoms. The van der Waals surface area contributed by atoms with Gasteiger partial charge in [-0.1, -0.05) is 29.8 Å². The SMILES string of the molecule is Cc1ccc([C@H]2CNCCO2)cc1. The molecule has 2 heteroatoms. The molecule has 0 amide bonds. The Morgan fingerprint density at radius 3 is 2.69 bits per heavy atom. The zero-order valence-corrected chi connectivity index (χ0v) is 7.92. The first kappa shape index (κ1) is 8.73. The molecule has 70 valence electrons. The Kier molecular flexibility index (Phi) is 2.62. The van der Waals surface area contributed by atoms with Crippen LogP contribution in [-0.2, 0) is 4.74 Å². The summed E-state index contributed by atoms with van der Waals surface area (Å²) >= 11 is 0. The van der Waals surface area contributed by atoms with E-state index in [1.165, 1.54) is 11.1 Å². The number of morpholine rings is 1. The Bertz CT molecular complexity index is 262. The van der Waals surface area contributed by atoms with E-state index in [0.717, 1.165) is 19.7 Å². The van der Waals surface area contributed by atoms with Gasteiger partial charge in [0, 0.05) is 13.1 Å². The third kappa shape index (κ3) is 2.08. The number of hydrogen-bond acceptors (Lipinski definition) is 2. The van der Waals surface area contributed by atoms with Crippen LogP contribution in [0.25, 0.3) is 0 Å². The highest BCUT2D eigenvalue weighted by atomic mass is 16.5. The molecule has 1 aromatic rings. The second kappa shape index (κ2) is 3.90. The van der Waals surface area contributed by atoms with E-state index in [2.05, 4.69) is 36.5 Å². The lowest BCUT2D eigenvalue weighted by Crippen LogP contribution is -2.33. The monoisotopic (exact) mass is 177 g/mol. The molecule has 0 aliphatic carbocycles. The first-order chi connectivity index (χ1) is 6.36. The first-order valence-electron chi connectivity index (χ1n) is 4.75. The van der Waals surface area contributed by atoms with Crippen LogP contribution in [-0.4, -0.2) is 19.7 Å². The molecule has 1 aliphatic rings. The van der Waals surface area contributed by atoms with Crippen LogP contribution in [0.4, 0.5) is 0 Å². The average Bonchev–Trinajstić information content (AvgIpc) is 2.20. The maximum atomic E-state index is 5.64. The van der Waals surface area contributed by atoms with E-state index in [-0.39, 0.29) is 6.10 Å². The molecule has 1 N–H and O–H groups in total. The van der Waals surface area contributed by atoms with Gasteiger partial charge in [-0.15, -0.1) is 0 Å². The topological polar surface area (TPSA) is 21.3 Å². The highest BCUT2D eigenvalue weighted by Gasteiger charge is 2.14. The molecule has 1 saturated heterocycles. The van der Waals surface area contributed by atoms with Gasteiger partial charge in [0.25, 0.3) is 0 Å². The van der Waals surface area contributed by atoms with Crippen molar-refractivity contribution < 1.29 is 4.74 Å². The Labute approximate surface area is 78.9 Å². The Balaban J connectivity index is 2.10. The molecule has 0 aromatic heterocycles. The number of benzene rings is 1. The van der Waals surface area contributed by atoms with Gasteiger partial charge in [0.15, 0.2) is 0 Å². The minimum absolute atomic E-state index is 0.245. The van der Waals surface area contributed by atoms with Gasteiger partial charge in [-0.3, -0.25) is 0 Å². The van der Waals surface area contributed by atoms with Gasteiger partial charge in [0.05, 0.1) is 12.7 Å². The van der Waals surface area contributed by atoms with Crippen LogP contribution < -0.4 is 5.32 Å². The maximum Gasteiger partial charge on any atom is 0.0949 e. The van der Waals surface area contributed by atoms with Crippen LogP contribution in [0.1, 0.15) is 17.2 Å². The molecule has 2 nitrogen and oxygen atoms in total. The minimum Gasteiger partial charge on any atom is -0.371 e. The number of aryl methyl sites for hydroxylation is 1. The molecule has 0 unspecified atom stereocenters. The summed E-state index contributed by atoms with van der Waals surface area (Å²) in [5, 5.41) is 3.32. The average molecular weight is 177 g/mol. The van der Waals surface area contributed by atoms with E-state index >= 15 is 0 Å². The van der Waals surface area contributed by atoms with Crippen LogP contribution >= 0.6 is 0 Å². The van der Waals surface area contributed by atoms with Crippen molar-refractivity contribution in [3.8, 4) is 0 Å². The smallest absolute Gasteiger partial charge is 0.0949 e. The Morgan fingerprint density at radius 1 is 1.31 bits per heavy atom. The molecular weight excluding hydrogens is 162 g/mol. The summed E-state index contributed by atoms with van der Waals surface area (Å²) < 4.78 is 5.64. The Morgan fingerprint density at radius 2 is 2.08 bits per heavy atom. The highest BCUT2D eigenvalue weighted by Crippen LogP contribution is 2.18. The van der Waals surface area contributed by atoms with Gasteiger partial charge in [-0.2, -0.15) is 0 Å². The fourth-order valence-electron chi connectivity index (χ4n) is 1.56. The maximum absolute atomic E-state index is 5.64. The standard InChI is InChI=1S/C11H15NO/c1-9-2-4-10(5-3-9)11-8-12-6-7-13-11/h2-5,11-12H,6-8H2,1H3/t11-/m1/s1. The van der Waals surface area contributed by atoms with Crippen LogP contribution in [0.3, 0.4) is 0 Å². The van der Waals surface area contributed by atoms with Crippen LogP contribution in [0.15, 0.2) is 24.3 Å². The van der Waals surface area contributed by atoms with Crippen molar-refractivity contribution in [3.63, 3.8) is 0 Å². The van der Waals surface area contributed by atoms with E-state index in [4.69, 9.17) is 4.74 Å². The zero-order valence-electron chi connectivity index (χ0n) is 7.92. The summed E-state index contributed by atoms with van der Waals surface area (Å²) in [4.78, 5) is 0. The van der Waals surface area contributed by atoms with Crippen molar-refractivity contribution in [3.05, 3.63) is 35.4 Å². The number of hydrogen-bond donors (Lipinski definition) is 1. The molecule has 0 radical (unpaired) electrons. The second-order valence-corrected chi connectivity index (χ2v) is 3.47. The van der Waals surface area contributed by atoms with Crippen molar-refractivity contribution in [2.75, 3.05) is 19.7 Å². The molecule has 1 aliphatic heterocycles. The van der Waals surface area contributed by atoms with E-state index < -0.39 is 0 Å². The quantitative estimate of drug-likeness (QED) is 0.704. The van der Waals surface area contributed by atoms with Gasteiger partial charge < -0.3 is 10.1 Å². The summed E-state index contributed by atoms with van der Waals surface area (Å²) in [6, 6.07) is 8.56. The van der Waals surface area contributed by atoms with E-state index in [9.17, 15) is 0 Å². The van der Waals surface area contributed by atoms with Crippen molar-refractivity contribution in [2.45, 2.75) is 13.0 Å². The lowest BCUT2D eigenvalue weighted by Gasteiger charge is -2.23. The normalized spacial score (nSPS) is 23.0. The third-order valence-corrected chi connectivity index (χ3v) is 2.38. The van der Waals surface area contributed by atoms with Crippen LogP contribution in [0, 0.1) is 6.92 Å². The number of rotatable bonds is 1. The van der Waals surface area contributed by atoms with Crippen molar-refractivity contribution in [2.24, 2.45) is 0 Å². The highest BCUT2D eigenvalue weighted by molar-refractivity contribution is 5.23. The number of nitrogens with one attached hydrogen (secondary N) is 1. The number of ether oxygens (including phenoxy) is 1. The summed E-state index contributed by atoms with van der Waals surface area (Å²) in [6.45, 7) is 4.83. The fourth-order valence-corrected chi connectivity index (χ4v) is 1.56. The predicted octanol–water partition coefficient (Wildman–Crippen LogP) is 1.66. The molecule has 1 atom stereocenters. The molecule has 0 spiro atoms. The lowest BCUT2D eigenvalue weighted by atomic mass is 10.1. The molecule has 1 fully saturated rings. The summed E-state index contributed by atoms with van der Waals surface area (Å²) in [6.07, 6.45) is 0.245. The van der Waals surface area contributed by atoms with Gasteiger partial charge in [-0.05, 0) is 12.5 Å². The fraction of sp³-hybridized carbons (Fsp3) is 0.455. The first-order valence-corrected chi connectivity index (χ1v) is 4.75. The van der Waals surface area contributed by atoms with E-state index in [1.54, 1.807) is 0 Å². The lowest BCUT2D eigenvalue weighted by molar-refractivity contribution is 0.0277.